The molecule has 2 aliphatic rings. The highest BCUT2D eigenvalue weighted by molar-refractivity contribution is 6.28. The van der Waals surface area contributed by atoms with E-state index in [9.17, 15) is 9.59 Å². The number of rotatable bonds is 0. The van der Waals surface area contributed by atoms with Gasteiger partial charge in [-0.3, -0.25) is 9.59 Å². The third-order valence-corrected chi connectivity index (χ3v) is 6.06. The summed E-state index contributed by atoms with van der Waals surface area (Å²) in [5.41, 5.74) is 6.35. The van der Waals surface area contributed by atoms with E-state index in [-0.39, 0.29) is 11.7 Å². The maximum absolute atomic E-state index is 13.1. The fraction of sp³-hybridized carbons (Fsp3) is 0.182. The van der Waals surface area contributed by atoms with Crippen LogP contribution in [0, 0.1) is 0 Å². The Morgan fingerprint density at radius 3 is 2.74 bits per heavy atom. The Morgan fingerprint density at radius 1 is 1.07 bits per heavy atom. The van der Waals surface area contributed by atoms with E-state index in [1.807, 2.05) is 31.3 Å². The van der Waals surface area contributed by atoms with Crippen molar-refractivity contribution in [1.29, 1.82) is 0 Å². The summed E-state index contributed by atoms with van der Waals surface area (Å²) in [7, 11) is 3.89. The summed E-state index contributed by atoms with van der Waals surface area (Å²) in [5.74, 6) is 0.0984. The highest BCUT2D eigenvalue weighted by Gasteiger charge is 2.34. The monoisotopic (exact) mass is 355 g/mol. The molecule has 0 saturated heterocycles. The van der Waals surface area contributed by atoms with Gasteiger partial charge in [0.25, 0.3) is 5.91 Å². The fourth-order valence-corrected chi connectivity index (χ4v) is 4.89. The second-order valence-electron chi connectivity index (χ2n) is 7.51. The van der Waals surface area contributed by atoms with Crippen molar-refractivity contribution in [1.82, 2.24) is 14.5 Å². The number of amides is 1. The highest BCUT2D eigenvalue weighted by Crippen LogP contribution is 2.44. The maximum Gasteiger partial charge on any atom is 0.254 e. The second kappa shape index (κ2) is 4.68. The molecule has 1 amide bonds. The molecule has 1 N–H and O–H groups in total. The van der Waals surface area contributed by atoms with E-state index in [0.717, 1.165) is 49.4 Å². The number of fused-ring (bicyclic) bond motifs is 10. The van der Waals surface area contributed by atoms with Crippen LogP contribution in [0.4, 0.5) is 0 Å². The molecule has 0 atom stereocenters. The predicted molar refractivity (Wildman–Crippen MR) is 106 cm³/mol. The van der Waals surface area contributed by atoms with Crippen molar-refractivity contribution in [3.63, 3.8) is 0 Å². The molecule has 2 aromatic carbocycles. The van der Waals surface area contributed by atoms with Gasteiger partial charge in [-0.25, -0.2) is 0 Å². The van der Waals surface area contributed by atoms with Gasteiger partial charge in [-0.2, -0.15) is 0 Å². The average molecular weight is 355 g/mol. The molecule has 0 unspecified atom stereocenters. The van der Waals surface area contributed by atoms with Crippen LogP contribution in [0.1, 0.15) is 38.4 Å². The topological polar surface area (TPSA) is 58.1 Å². The molecule has 0 fully saturated rings. The molecular formula is C22H17N3O2. The zero-order valence-corrected chi connectivity index (χ0v) is 15.1. The quantitative estimate of drug-likeness (QED) is 0.518. The molecule has 4 aromatic rings. The molecule has 2 aromatic heterocycles. The number of hydrogen-bond donors (Lipinski definition) is 1. The Balaban J connectivity index is 1.97. The lowest BCUT2D eigenvalue weighted by Gasteiger charge is -2.07. The van der Waals surface area contributed by atoms with E-state index in [1.54, 1.807) is 4.90 Å². The number of H-pyrrole nitrogens is 1. The molecule has 132 valence electrons. The molecule has 27 heavy (non-hydrogen) atoms. The largest absolute Gasteiger partial charge is 0.350 e. The first-order valence-corrected chi connectivity index (χ1v) is 9.10. The van der Waals surface area contributed by atoms with Crippen LogP contribution < -0.4 is 0 Å². The smallest absolute Gasteiger partial charge is 0.254 e. The number of benzene rings is 2. The SMILES string of the molecule is CN1Cc2c(c3c4c([nH]c3c3c2c2ccccc2n3C)C(=O)CC=C4)C1=O. The van der Waals surface area contributed by atoms with Gasteiger partial charge >= 0.3 is 0 Å². The lowest BCUT2D eigenvalue weighted by molar-refractivity contribution is 0.0817. The minimum absolute atomic E-state index is 0.0260. The standard InChI is InChI=1S/C22H17N3O2/c1-24-10-13-16-11-6-3-4-8-14(11)25(2)21(16)20-17(18(13)22(24)27)12-7-5-9-15(26)19(12)23-20/h3-8,23H,9-10H2,1-2H3. The molecule has 1 aliphatic carbocycles. The van der Waals surface area contributed by atoms with Crippen LogP contribution >= 0.6 is 0 Å². The van der Waals surface area contributed by atoms with Crippen molar-refractivity contribution >= 4 is 50.5 Å². The summed E-state index contributed by atoms with van der Waals surface area (Å²) in [5, 5.41) is 3.14. The summed E-state index contributed by atoms with van der Waals surface area (Å²) in [6.07, 6.45) is 4.27. The van der Waals surface area contributed by atoms with Crippen molar-refractivity contribution in [2.75, 3.05) is 7.05 Å². The van der Waals surface area contributed by atoms with Crippen LogP contribution in [0.2, 0.25) is 0 Å². The van der Waals surface area contributed by atoms with Gasteiger partial charge in [-0.05, 0) is 11.6 Å². The number of aromatic nitrogens is 2. The van der Waals surface area contributed by atoms with Crippen LogP contribution in [0.5, 0.6) is 0 Å². The van der Waals surface area contributed by atoms with Crippen LogP contribution in [-0.2, 0) is 13.6 Å². The van der Waals surface area contributed by atoms with Crippen molar-refractivity contribution in [3.8, 4) is 0 Å². The van der Waals surface area contributed by atoms with Crippen LogP contribution in [0.25, 0.3) is 38.8 Å². The van der Waals surface area contributed by atoms with Gasteiger partial charge < -0.3 is 14.5 Å². The average Bonchev–Trinajstić information content (AvgIpc) is 3.28. The zero-order chi connectivity index (χ0) is 18.4. The van der Waals surface area contributed by atoms with Crippen molar-refractivity contribution in [2.45, 2.75) is 13.0 Å². The number of carbonyl (C=O) groups is 2. The summed E-state index contributed by atoms with van der Waals surface area (Å²) in [6, 6.07) is 8.27. The molecule has 0 saturated carbocycles. The van der Waals surface area contributed by atoms with Crippen LogP contribution in [-0.4, -0.2) is 33.2 Å². The minimum atomic E-state index is 0.0260. The molecule has 6 rings (SSSR count). The number of para-hydroxylation sites is 1. The Labute approximate surface area is 154 Å². The summed E-state index contributed by atoms with van der Waals surface area (Å²) in [4.78, 5) is 30.7. The number of ketones is 1. The number of hydrogen-bond acceptors (Lipinski definition) is 2. The molecule has 0 radical (unpaired) electrons. The van der Waals surface area contributed by atoms with Crippen molar-refractivity contribution < 1.29 is 9.59 Å². The summed E-state index contributed by atoms with van der Waals surface area (Å²) < 4.78 is 2.17. The molecule has 0 bridgehead atoms. The first kappa shape index (κ1) is 14.8. The Bertz CT molecular complexity index is 1380. The molecule has 1 aliphatic heterocycles. The van der Waals surface area contributed by atoms with Gasteiger partial charge in [0.05, 0.1) is 22.3 Å². The predicted octanol–water partition coefficient (Wildman–Crippen LogP) is 4.00. The van der Waals surface area contributed by atoms with Crippen LogP contribution in [0.15, 0.2) is 30.3 Å². The molecule has 5 nitrogen and oxygen atoms in total. The van der Waals surface area contributed by atoms with Crippen molar-refractivity contribution in [2.24, 2.45) is 7.05 Å². The van der Waals surface area contributed by atoms with Crippen LogP contribution in [0.3, 0.4) is 0 Å². The lowest BCUT2D eigenvalue weighted by Crippen LogP contribution is -2.17. The van der Waals surface area contributed by atoms with Gasteiger partial charge in [0.1, 0.15) is 0 Å². The molecular weight excluding hydrogens is 338 g/mol. The number of nitrogens with one attached hydrogen (secondary N) is 1. The summed E-state index contributed by atoms with van der Waals surface area (Å²) in [6.45, 7) is 0.590. The molecule has 5 heteroatoms. The van der Waals surface area contributed by atoms with Gasteiger partial charge in [0, 0.05) is 54.3 Å². The number of nitrogens with zero attached hydrogens (tertiary/aromatic N) is 2. The van der Waals surface area contributed by atoms with Gasteiger partial charge in [-0.1, -0.05) is 30.4 Å². The number of carbonyl (C=O) groups excluding carboxylic acids is 2. The van der Waals surface area contributed by atoms with Gasteiger partial charge in [0.15, 0.2) is 5.78 Å². The normalized spacial score (nSPS) is 16.1. The fourth-order valence-electron chi connectivity index (χ4n) is 4.89. The van der Waals surface area contributed by atoms with E-state index in [2.05, 4.69) is 28.7 Å². The number of allylic oxidation sites excluding steroid dienone is 1. The number of aryl methyl sites for hydroxylation is 1. The van der Waals surface area contributed by atoms with E-state index < -0.39 is 0 Å². The third-order valence-electron chi connectivity index (χ3n) is 6.06. The second-order valence-corrected chi connectivity index (χ2v) is 7.51. The third kappa shape index (κ3) is 1.60. The molecule has 3 heterocycles. The number of aromatic amines is 1. The lowest BCUT2D eigenvalue weighted by atomic mass is 9.94. The first-order valence-electron chi connectivity index (χ1n) is 9.10. The van der Waals surface area contributed by atoms with E-state index in [1.165, 1.54) is 0 Å². The van der Waals surface area contributed by atoms with Crippen molar-refractivity contribution in [3.05, 3.63) is 52.7 Å². The minimum Gasteiger partial charge on any atom is -0.350 e. The van der Waals surface area contributed by atoms with E-state index >= 15 is 0 Å². The van der Waals surface area contributed by atoms with E-state index in [4.69, 9.17) is 0 Å². The van der Waals surface area contributed by atoms with E-state index in [0.29, 0.717) is 18.7 Å². The highest BCUT2D eigenvalue weighted by atomic mass is 16.2. The first-order chi connectivity index (χ1) is 13.1. The Morgan fingerprint density at radius 2 is 1.89 bits per heavy atom. The van der Waals surface area contributed by atoms with Gasteiger partial charge in [-0.15, -0.1) is 0 Å². The summed E-state index contributed by atoms with van der Waals surface area (Å²) >= 11 is 0. The number of Topliss-reactive ketones (excluding diaryl/α,β-unsaturated/α-hetero) is 1. The zero-order valence-electron chi connectivity index (χ0n) is 15.1. The Kier molecular flexibility index (Phi) is 2.56. The Hall–Kier alpha value is -3.34. The van der Waals surface area contributed by atoms with Gasteiger partial charge in [0.2, 0.25) is 0 Å². The maximum atomic E-state index is 13.1. The molecule has 0 spiro atoms.